The van der Waals surface area contributed by atoms with Gasteiger partial charge in [-0.3, -0.25) is 9.59 Å². The Morgan fingerprint density at radius 1 is 1.18 bits per heavy atom. The third-order valence-corrected chi connectivity index (χ3v) is 6.48. The van der Waals surface area contributed by atoms with Crippen LogP contribution >= 0.6 is 0 Å². The van der Waals surface area contributed by atoms with E-state index in [1.54, 1.807) is 0 Å². The van der Waals surface area contributed by atoms with Crippen LogP contribution < -0.4 is 4.74 Å². The molecule has 28 heavy (non-hydrogen) atoms. The summed E-state index contributed by atoms with van der Waals surface area (Å²) in [6, 6.07) is 9.45. The summed E-state index contributed by atoms with van der Waals surface area (Å²) in [5, 5.41) is 0. The number of ether oxygens (including phenoxy) is 2. The number of amides is 2. The molecule has 0 saturated carbocycles. The summed E-state index contributed by atoms with van der Waals surface area (Å²) in [5.41, 5.74) is 0.156. The van der Waals surface area contributed by atoms with Crippen molar-refractivity contribution in [3.05, 3.63) is 30.3 Å². The van der Waals surface area contributed by atoms with E-state index in [1.165, 1.54) is 0 Å². The molecule has 152 valence electrons. The van der Waals surface area contributed by atoms with Crippen LogP contribution in [0.15, 0.2) is 30.3 Å². The van der Waals surface area contributed by atoms with Crippen LogP contribution in [0, 0.1) is 5.41 Å². The molecule has 4 rings (SSSR count). The Bertz CT molecular complexity index is 679. The highest BCUT2D eigenvalue weighted by Crippen LogP contribution is 2.40. The summed E-state index contributed by atoms with van der Waals surface area (Å²) in [5.74, 6) is 1.03. The van der Waals surface area contributed by atoms with E-state index in [1.807, 2.05) is 40.1 Å². The SMILES string of the molecule is O=C(COc1ccccc1)N1CCC2(CCC(=O)N(C[C@H]3CCCO3)C2)CC1. The average Bonchev–Trinajstić information content (AvgIpc) is 3.24. The van der Waals surface area contributed by atoms with Crippen molar-refractivity contribution in [3.8, 4) is 5.75 Å². The van der Waals surface area contributed by atoms with E-state index in [2.05, 4.69) is 0 Å². The molecular weight excluding hydrogens is 356 g/mol. The molecule has 3 heterocycles. The molecule has 6 heteroatoms. The highest BCUT2D eigenvalue weighted by atomic mass is 16.5. The molecule has 2 amide bonds. The standard InChI is InChI=1S/C22H30N2O4/c25-20-8-9-22(17-24(20)15-19-7-4-14-27-19)10-12-23(13-11-22)21(26)16-28-18-5-2-1-3-6-18/h1-3,5-6,19H,4,7-17H2/t19-/m1/s1. The fourth-order valence-corrected chi connectivity index (χ4v) is 4.69. The minimum absolute atomic E-state index is 0.0433. The topological polar surface area (TPSA) is 59.1 Å². The zero-order chi connectivity index (χ0) is 19.4. The molecule has 1 aromatic rings. The van der Waals surface area contributed by atoms with Crippen molar-refractivity contribution in [2.24, 2.45) is 5.41 Å². The molecule has 0 aromatic heterocycles. The number of piperidine rings is 2. The van der Waals surface area contributed by atoms with Gasteiger partial charge in [-0.05, 0) is 49.7 Å². The van der Waals surface area contributed by atoms with Crippen LogP contribution in [0.5, 0.6) is 5.75 Å². The number of hydrogen-bond donors (Lipinski definition) is 0. The summed E-state index contributed by atoms with van der Waals surface area (Å²) in [7, 11) is 0. The molecule has 1 spiro atoms. The zero-order valence-electron chi connectivity index (χ0n) is 16.5. The quantitative estimate of drug-likeness (QED) is 0.780. The predicted molar refractivity (Wildman–Crippen MR) is 105 cm³/mol. The summed E-state index contributed by atoms with van der Waals surface area (Å²) in [6.07, 6.45) is 5.84. The van der Waals surface area contributed by atoms with E-state index in [0.717, 1.165) is 70.6 Å². The minimum Gasteiger partial charge on any atom is -0.484 e. The molecule has 0 N–H and O–H groups in total. The van der Waals surface area contributed by atoms with Crippen LogP contribution in [0.25, 0.3) is 0 Å². The molecule has 3 aliphatic rings. The number of hydrogen-bond acceptors (Lipinski definition) is 4. The lowest BCUT2D eigenvalue weighted by Gasteiger charge is -2.47. The molecule has 3 aliphatic heterocycles. The molecule has 3 fully saturated rings. The molecule has 0 unspecified atom stereocenters. The third kappa shape index (κ3) is 4.49. The monoisotopic (exact) mass is 386 g/mol. The van der Waals surface area contributed by atoms with E-state index >= 15 is 0 Å². The summed E-state index contributed by atoms with van der Waals surface area (Å²) in [4.78, 5) is 28.8. The number of rotatable bonds is 5. The maximum Gasteiger partial charge on any atom is 0.260 e. The maximum absolute atomic E-state index is 12.5. The first kappa shape index (κ1) is 19.2. The predicted octanol–water partition coefficient (Wildman–Crippen LogP) is 2.48. The molecule has 0 aliphatic carbocycles. The minimum atomic E-state index is 0.0433. The number of para-hydroxylation sites is 1. The number of benzene rings is 1. The Morgan fingerprint density at radius 2 is 1.96 bits per heavy atom. The lowest BCUT2D eigenvalue weighted by atomic mass is 9.72. The van der Waals surface area contributed by atoms with Gasteiger partial charge in [0.05, 0.1) is 6.10 Å². The largest absolute Gasteiger partial charge is 0.484 e. The lowest BCUT2D eigenvalue weighted by molar-refractivity contribution is -0.144. The highest BCUT2D eigenvalue weighted by Gasteiger charge is 2.42. The van der Waals surface area contributed by atoms with Crippen LogP contribution in [-0.2, 0) is 14.3 Å². The number of nitrogens with zero attached hydrogens (tertiary/aromatic N) is 2. The Hall–Kier alpha value is -2.08. The maximum atomic E-state index is 12.5. The first-order valence-corrected chi connectivity index (χ1v) is 10.5. The van der Waals surface area contributed by atoms with Crippen LogP contribution in [0.4, 0.5) is 0 Å². The Morgan fingerprint density at radius 3 is 2.68 bits per heavy atom. The van der Waals surface area contributed by atoms with Crippen LogP contribution in [0.2, 0.25) is 0 Å². The lowest BCUT2D eigenvalue weighted by Crippen LogP contribution is -2.54. The first-order valence-electron chi connectivity index (χ1n) is 10.5. The fourth-order valence-electron chi connectivity index (χ4n) is 4.69. The van der Waals surface area contributed by atoms with Gasteiger partial charge in [0.15, 0.2) is 6.61 Å². The number of likely N-dealkylation sites (tertiary alicyclic amines) is 2. The molecule has 1 atom stereocenters. The smallest absolute Gasteiger partial charge is 0.260 e. The molecular formula is C22H30N2O4. The second-order valence-corrected chi connectivity index (χ2v) is 8.39. The van der Waals surface area contributed by atoms with E-state index in [4.69, 9.17) is 9.47 Å². The van der Waals surface area contributed by atoms with E-state index < -0.39 is 0 Å². The van der Waals surface area contributed by atoms with Crippen LogP contribution in [0.3, 0.4) is 0 Å². The molecule has 3 saturated heterocycles. The van der Waals surface area contributed by atoms with Crippen molar-refractivity contribution in [1.82, 2.24) is 9.80 Å². The van der Waals surface area contributed by atoms with Gasteiger partial charge < -0.3 is 19.3 Å². The molecule has 6 nitrogen and oxygen atoms in total. The van der Waals surface area contributed by atoms with Gasteiger partial charge in [0.1, 0.15) is 5.75 Å². The van der Waals surface area contributed by atoms with Gasteiger partial charge in [0.2, 0.25) is 5.91 Å². The normalized spacial score (nSPS) is 24.6. The molecule has 1 aromatic carbocycles. The molecule has 0 radical (unpaired) electrons. The molecule has 0 bridgehead atoms. The summed E-state index contributed by atoms with van der Waals surface area (Å²) < 4.78 is 11.3. The van der Waals surface area contributed by atoms with Gasteiger partial charge in [0, 0.05) is 39.2 Å². The highest BCUT2D eigenvalue weighted by molar-refractivity contribution is 5.78. The van der Waals surface area contributed by atoms with Crippen molar-refractivity contribution in [2.45, 2.75) is 44.6 Å². The van der Waals surface area contributed by atoms with Crippen LogP contribution in [0.1, 0.15) is 38.5 Å². The second kappa shape index (κ2) is 8.52. The van der Waals surface area contributed by atoms with Gasteiger partial charge >= 0.3 is 0 Å². The van der Waals surface area contributed by atoms with Crippen LogP contribution in [-0.4, -0.2) is 67.1 Å². The summed E-state index contributed by atoms with van der Waals surface area (Å²) in [6.45, 7) is 3.95. The Kier molecular flexibility index (Phi) is 5.85. The Labute approximate surface area is 166 Å². The van der Waals surface area contributed by atoms with Crippen molar-refractivity contribution in [1.29, 1.82) is 0 Å². The zero-order valence-corrected chi connectivity index (χ0v) is 16.5. The van der Waals surface area contributed by atoms with Gasteiger partial charge in [-0.2, -0.15) is 0 Å². The number of carbonyl (C=O) groups is 2. The average molecular weight is 386 g/mol. The van der Waals surface area contributed by atoms with Crippen molar-refractivity contribution >= 4 is 11.8 Å². The van der Waals surface area contributed by atoms with Gasteiger partial charge in [-0.25, -0.2) is 0 Å². The Balaban J connectivity index is 1.27. The van der Waals surface area contributed by atoms with Gasteiger partial charge in [-0.1, -0.05) is 18.2 Å². The van der Waals surface area contributed by atoms with Gasteiger partial charge in [0.25, 0.3) is 5.91 Å². The van der Waals surface area contributed by atoms with Gasteiger partial charge in [-0.15, -0.1) is 0 Å². The summed E-state index contributed by atoms with van der Waals surface area (Å²) >= 11 is 0. The first-order chi connectivity index (χ1) is 13.6. The second-order valence-electron chi connectivity index (χ2n) is 8.39. The van der Waals surface area contributed by atoms with E-state index in [9.17, 15) is 9.59 Å². The van der Waals surface area contributed by atoms with E-state index in [-0.39, 0.29) is 29.9 Å². The fraction of sp³-hybridized carbons (Fsp3) is 0.636. The number of carbonyl (C=O) groups excluding carboxylic acids is 2. The van der Waals surface area contributed by atoms with E-state index in [0.29, 0.717) is 6.42 Å². The third-order valence-electron chi connectivity index (χ3n) is 6.48. The van der Waals surface area contributed by atoms with Crippen molar-refractivity contribution in [3.63, 3.8) is 0 Å². The van der Waals surface area contributed by atoms with Crippen molar-refractivity contribution < 1.29 is 19.1 Å². The van der Waals surface area contributed by atoms with Crippen molar-refractivity contribution in [2.75, 3.05) is 39.4 Å².